The van der Waals surface area contributed by atoms with Gasteiger partial charge in [0, 0.05) is 19.0 Å². The van der Waals surface area contributed by atoms with Gasteiger partial charge in [0.1, 0.15) is 16.1 Å². The summed E-state index contributed by atoms with van der Waals surface area (Å²) < 4.78 is 0.729. The molecule has 3 aromatic rings. The minimum absolute atomic E-state index is 0.203. The van der Waals surface area contributed by atoms with E-state index in [2.05, 4.69) is 9.97 Å². The lowest BCUT2D eigenvalue weighted by Gasteiger charge is -2.08. The lowest BCUT2D eigenvalue weighted by molar-refractivity contribution is -0.117. The van der Waals surface area contributed by atoms with Gasteiger partial charge in [0.05, 0.1) is 9.34 Å². The van der Waals surface area contributed by atoms with E-state index in [9.17, 15) is 4.79 Å². The van der Waals surface area contributed by atoms with Crippen LogP contribution in [-0.2, 0) is 17.6 Å². The third kappa shape index (κ3) is 3.18. The Balaban J connectivity index is 1.63. The number of thiophene rings is 1. The number of nitrogens with zero attached hydrogens (tertiary/aromatic N) is 2. The Morgan fingerprint density at radius 3 is 2.91 bits per heavy atom. The van der Waals surface area contributed by atoms with E-state index < -0.39 is 0 Å². The highest BCUT2D eigenvalue weighted by Crippen LogP contribution is 2.45. The Hall–Kier alpha value is -1.30. The molecule has 1 saturated carbocycles. The minimum Gasteiger partial charge on any atom is -0.299 e. The van der Waals surface area contributed by atoms with E-state index in [-0.39, 0.29) is 5.78 Å². The molecule has 1 aliphatic carbocycles. The number of carbonyl (C=O) groups is 1. The van der Waals surface area contributed by atoms with Gasteiger partial charge in [-0.3, -0.25) is 4.79 Å². The molecule has 0 aromatic carbocycles. The number of hydrogen-bond acceptors (Lipinski definition) is 5. The fourth-order valence-electron chi connectivity index (χ4n) is 2.95. The third-order valence-electron chi connectivity index (χ3n) is 4.05. The second-order valence-corrected chi connectivity index (χ2v) is 8.73. The number of pyridine rings is 1. The molecule has 3 aromatic heterocycles. The number of aryl methyl sites for hydroxylation is 1. The molecule has 118 valence electrons. The molecule has 0 unspecified atom stereocenters. The quantitative estimate of drug-likeness (QED) is 0.645. The smallest absolute Gasteiger partial charge is 0.143 e. The molecule has 0 spiro atoms. The number of Topliss-reactive ketones (excluding diaryl/α,β-unsaturated/α-hetero) is 1. The number of ketones is 1. The van der Waals surface area contributed by atoms with E-state index in [0.29, 0.717) is 18.8 Å². The van der Waals surface area contributed by atoms with Crippen molar-refractivity contribution in [3.63, 3.8) is 0 Å². The molecule has 1 aliphatic rings. The van der Waals surface area contributed by atoms with Crippen LogP contribution in [0.5, 0.6) is 0 Å². The Bertz CT molecular complexity index is 895. The van der Waals surface area contributed by atoms with Gasteiger partial charge in [-0.15, -0.1) is 11.3 Å². The Kier molecular flexibility index (Phi) is 3.95. The molecule has 4 rings (SSSR count). The lowest BCUT2D eigenvalue weighted by Crippen LogP contribution is -2.08. The van der Waals surface area contributed by atoms with Gasteiger partial charge < -0.3 is 0 Å². The Labute approximate surface area is 147 Å². The van der Waals surface area contributed by atoms with Crippen LogP contribution in [0.4, 0.5) is 0 Å². The van der Waals surface area contributed by atoms with E-state index in [4.69, 9.17) is 11.6 Å². The Morgan fingerprint density at radius 1 is 1.39 bits per heavy atom. The maximum atomic E-state index is 12.4. The van der Waals surface area contributed by atoms with Crippen molar-refractivity contribution in [2.45, 2.75) is 38.5 Å². The number of fused-ring (bicyclic) bond motifs is 1. The van der Waals surface area contributed by atoms with E-state index in [1.807, 2.05) is 24.6 Å². The van der Waals surface area contributed by atoms with Crippen molar-refractivity contribution in [1.29, 1.82) is 0 Å². The minimum atomic E-state index is 0.203. The summed E-state index contributed by atoms with van der Waals surface area (Å²) in [7, 11) is 0. The van der Waals surface area contributed by atoms with Crippen molar-refractivity contribution in [2.75, 3.05) is 0 Å². The molecule has 1 fully saturated rings. The van der Waals surface area contributed by atoms with Crippen LogP contribution < -0.4 is 0 Å². The molecule has 23 heavy (non-hydrogen) atoms. The van der Waals surface area contributed by atoms with Gasteiger partial charge in [0.25, 0.3) is 0 Å². The number of rotatable bonds is 5. The molecule has 0 amide bonds. The van der Waals surface area contributed by atoms with E-state index in [1.165, 1.54) is 29.7 Å². The van der Waals surface area contributed by atoms with Gasteiger partial charge in [-0.1, -0.05) is 22.9 Å². The number of aromatic nitrogens is 2. The topological polar surface area (TPSA) is 42.9 Å². The Morgan fingerprint density at radius 2 is 2.22 bits per heavy atom. The second-order valence-electron chi connectivity index (χ2n) is 6.01. The molecular weight excluding hydrogens is 348 g/mol. The van der Waals surface area contributed by atoms with E-state index in [0.717, 1.165) is 30.8 Å². The first-order valence-electron chi connectivity index (χ1n) is 7.59. The molecule has 3 heterocycles. The number of carbonyl (C=O) groups excluding carboxylic acids is 1. The summed E-state index contributed by atoms with van der Waals surface area (Å²) in [6, 6.07) is 1.87. The van der Waals surface area contributed by atoms with Crippen molar-refractivity contribution in [3.05, 3.63) is 43.7 Å². The van der Waals surface area contributed by atoms with Crippen molar-refractivity contribution >= 4 is 50.4 Å². The molecule has 0 saturated heterocycles. The van der Waals surface area contributed by atoms with Crippen molar-refractivity contribution < 1.29 is 4.79 Å². The lowest BCUT2D eigenvalue weighted by atomic mass is 9.98. The molecule has 0 aliphatic heterocycles. The zero-order valence-electron chi connectivity index (χ0n) is 12.6. The third-order valence-corrected chi connectivity index (χ3v) is 6.07. The monoisotopic (exact) mass is 362 g/mol. The summed E-state index contributed by atoms with van der Waals surface area (Å²) in [5.74, 6) is 0.759. The average molecular weight is 363 g/mol. The second kappa shape index (κ2) is 5.96. The summed E-state index contributed by atoms with van der Waals surface area (Å²) in [4.78, 5) is 22.6. The van der Waals surface area contributed by atoms with Gasteiger partial charge in [-0.2, -0.15) is 0 Å². The first-order chi connectivity index (χ1) is 11.1. The molecule has 6 heteroatoms. The largest absolute Gasteiger partial charge is 0.299 e. The van der Waals surface area contributed by atoms with E-state index >= 15 is 0 Å². The van der Waals surface area contributed by atoms with Crippen LogP contribution in [0.25, 0.3) is 10.3 Å². The van der Waals surface area contributed by atoms with Gasteiger partial charge in [-0.25, -0.2) is 9.97 Å². The summed E-state index contributed by atoms with van der Waals surface area (Å²) in [5, 5.41) is 2.98. The van der Waals surface area contributed by atoms with Gasteiger partial charge in [-0.05, 0) is 53.8 Å². The SMILES string of the molecule is Cc1nc2c(C3CC3)c(CC(=O)Cc3csc(Cl)c3)cnc2s1. The normalized spacial score (nSPS) is 14.5. The average Bonchev–Trinajstić information content (AvgIpc) is 3.14. The van der Waals surface area contributed by atoms with E-state index in [1.54, 1.807) is 11.3 Å². The van der Waals surface area contributed by atoms with Crippen LogP contribution in [0.2, 0.25) is 4.34 Å². The van der Waals surface area contributed by atoms with Crippen LogP contribution in [0.1, 0.15) is 40.5 Å². The maximum absolute atomic E-state index is 12.4. The maximum Gasteiger partial charge on any atom is 0.143 e. The van der Waals surface area contributed by atoms with Crippen molar-refractivity contribution in [2.24, 2.45) is 0 Å². The van der Waals surface area contributed by atoms with Crippen LogP contribution in [-0.4, -0.2) is 15.8 Å². The standard InChI is InChI=1S/C17H15ClN2OS2/c1-9-20-16-15(11-2-3-11)12(7-19-17(16)23-9)6-13(21)4-10-5-14(18)22-8-10/h5,7-8,11H,2-4,6H2,1H3. The summed E-state index contributed by atoms with van der Waals surface area (Å²) >= 11 is 9.03. The highest BCUT2D eigenvalue weighted by Gasteiger charge is 2.30. The van der Waals surface area contributed by atoms with Gasteiger partial charge in [0.2, 0.25) is 0 Å². The molecule has 0 N–H and O–H groups in total. The summed E-state index contributed by atoms with van der Waals surface area (Å²) in [6.07, 6.45) is 5.13. The number of thiazole rings is 1. The van der Waals surface area contributed by atoms with Crippen LogP contribution >= 0.6 is 34.3 Å². The molecule has 3 nitrogen and oxygen atoms in total. The van der Waals surface area contributed by atoms with Crippen molar-refractivity contribution in [1.82, 2.24) is 9.97 Å². The zero-order valence-corrected chi connectivity index (χ0v) is 15.0. The highest BCUT2D eigenvalue weighted by atomic mass is 35.5. The first kappa shape index (κ1) is 15.2. The number of halogens is 1. The molecule has 0 atom stereocenters. The fraction of sp³-hybridized carbons (Fsp3) is 0.353. The fourth-order valence-corrected chi connectivity index (χ4v) is 4.63. The zero-order chi connectivity index (χ0) is 16.0. The molecule has 0 radical (unpaired) electrons. The predicted molar refractivity (Wildman–Crippen MR) is 95.9 cm³/mol. The molecular formula is C17H15ClN2OS2. The van der Waals surface area contributed by atoms with Gasteiger partial charge >= 0.3 is 0 Å². The summed E-state index contributed by atoms with van der Waals surface area (Å²) in [6.45, 7) is 2.01. The van der Waals surface area contributed by atoms with Crippen LogP contribution in [0, 0.1) is 6.92 Å². The summed E-state index contributed by atoms with van der Waals surface area (Å²) in [5.41, 5.74) is 4.32. The predicted octanol–water partition coefficient (Wildman–Crippen LogP) is 4.95. The molecule has 0 bridgehead atoms. The van der Waals surface area contributed by atoms with Gasteiger partial charge in [0.15, 0.2) is 0 Å². The van der Waals surface area contributed by atoms with Crippen molar-refractivity contribution in [3.8, 4) is 0 Å². The highest BCUT2D eigenvalue weighted by molar-refractivity contribution is 7.18. The first-order valence-corrected chi connectivity index (χ1v) is 9.67. The van der Waals surface area contributed by atoms with Crippen LogP contribution in [0.15, 0.2) is 17.6 Å². The van der Waals surface area contributed by atoms with Crippen LogP contribution in [0.3, 0.4) is 0 Å². The number of hydrogen-bond donors (Lipinski definition) is 0.